The molecule has 0 saturated heterocycles. The quantitative estimate of drug-likeness (QED) is 0.771. The van der Waals surface area contributed by atoms with E-state index in [0.717, 1.165) is 16.8 Å². The molecule has 0 bridgehead atoms. The second-order valence-electron chi connectivity index (χ2n) is 2.77. The molecule has 0 spiro atoms. The number of aromatic nitrogens is 2. The molecule has 5 heteroatoms. The summed E-state index contributed by atoms with van der Waals surface area (Å²) in [5.41, 5.74) is 0.949. The van der Waals surface area contributed by atoms with Crippen LogP contribution in [-0.4, -0.2) is 30.2 Å². The summed E-state index contributed by atoms with van der Waals surface area (Å²) in [6.07, 6.45) is 1.53. The fourth-order valence-electron chi connectivity index (χ4n) is 1.12. The molecular weight excluding hydrogens is 198 g/mol. The molecule has 0 aromatic carbocycles. The molecule has 2 aromatic rings. The number of likely N-dealkylation sites (N-methyl/N-ethyl adjacent to an activating group) is 1. The van der Waals surface area contributed by atoms with Crippen LogP contribution in [0.25, 0.3) is 10.2 Å². The van der Waals surface area contributed by atoms with Crippen LogP contribution < -0.4 is 10.1 Å². The monoisotopic (exact) mass is 209 g/mol. The highest BCUT2D eigenvalue weighted by Gasteiger charge is 2.04. The van der Waals surface area contributed by atoms with Crippen molar-refractivity contribution in [1.29, 1.82) is 0 Å². The summed E-state index contributed by atoms with van der Waals surface area (Å²) < 4.78 is 6.53. The van der Waals surface area contributed by atoms with Crippen molar-refractivity contribution in [1.82, 2.24) is 15.3 Å². The predicted octanol–water partition coefficient (Wildman–Crippen LogP) is 1.29. The number of rotatable bonds is 4. The van der Waals surface area contributed by atoms with Gasteiger partial charge in [0.2, 0.25) is 5.88 Å². The summed E-state index contributed by atoms with van der Waals surface area (Å²) in [6, 6.07) is 1.96. The van der Waals surface area contributed by atoms with Gasteiger partial charge in [-0.05, 0) is 18.5 Å². The molecule has 0 saturated carbocycles. The Kier molecular flexibility index (Phi) is 2.90. The highest BCUT2D eigenvalue weighted by atomic mass is 32.1. The standard InChI is InChI=1S/C9H11N3OS/c1-10-3-4-13-9-8-7(2-5-14-8)11-6-12-9/h2,5-6,10H,3-4H2,1H3. The summed E-state index contributed by atoms with van der Waals surface area (Å²) in [5.74, 6) is 0.681. The van der Waals surface area contributed by atoms with Gasteiger partial charge in [0.1, 0.15) is 17.6 Å². The number of hydrogen-bond acceptors (Lipinski definition) is 5. The van der Waals surface area contributed by atoms with Gasteiger partial charge in [-0.15, -0.1) is 11.3 Å². The molecule has 0 radical (unpaired) electrons. The second kappa shape index (κ2) is 4.34. The van der Waals surface area contributed by atoms with Crippen LogP contribution in [0.2, 0.25) is 0 Å². The molecule has 2 aromatic heterocycles. The Balaban J connectivity index is 2.19. The molecular formula is C9H11N3OS. The van der Waals surface area contributed by atoms with Crippen molar-refractivity contribution >= 4 is 21.6 Å². The first-order valence-corrected chi connectivity index (χ1v) is 5.25. The third-order valence-electron chi connectivity index (χ3n) is 1.80. The lowest BCUT2D eigenvalue weighted by Crippen LogP contribution is -2.16. The molecule has 2 rings (SSSR count). The van der Waals surface area contributed by atoms with Crippen LogP contribution >= 0.6 is 11.3 Å². The molecule has 0 atom stereocenters. The molecule has 14 heavy (non-hydrogen) atoms. The number of thiophene rings is 1. The van der Waals surface area contributed by atoms with Gasteiger partial charge < -0.3 is 10.1 Å². The van der Waals surface area contributed by atoms with Gasteiger partial charge in [-0.3, -0.25) is 0 Å². The zero-order chi connectivity index (χ0) is 9.80. The Bertz CT molecular complexity index is 415. The Labute approximate surface area is 86.0 Å². The molecule has 0 unspecified atom stereocenters. The van der Waals surface area contributed by atoms with Crippen LogP contribution in [0.4, 0.5) is 0 Å². The van der Waals surface area contributed by atoms with Gasteiger partial charge in [0.05, 0.1) is 5.52 Å². The maximum atomic E-state index is 5.51. The van der Waals surface area contributed by atoms with E-state index >= 15 is 0 Å². The first kappa shape index (κ1) is 9.36. The van der Waals surface area contributed by atoms with E-state index in [1.54, 1.807) is 11.3 Å². The van der Waals surface area contributed by atoms with Gasteiger partial charge in [-0.25, -0.2) is 9.97 Å². The lowest BCUT2D eigenvalue weighted by atomic mass is 10.5. The van der Waals surface area contributed by atoms with Crippen LogP contribution in [0.1, 0.15) is 0 Å². The minimum absolute atomic E-state index is 0.626. The third kappa shape index (κ3) is 1.83. The Morgan fingerprint density at radius 1 is 1.50 bits per heavy atom. The van der Waals surface area contributed by atoms with E-state index in [0.29, 0.717) is 12.5 Å². The first-order chi connectivity index (χ1) is 6.92. The van der Waals surface area contributed by atoms with E-state index < -0.39 is 0 Å². The van der Waals surface area contributed by atoms with Crippen LogP contribution in [0, 0.1) is 0 Å². The van der Waals surface area contributed by atoms with Crippen molar-refractivity contribution in [2.45, 2.75) is 0 Å². The Morgan fingerprint density at radius 2 is 2.43 bits per heavy atom. The number of nitrogens with zero attached hydrogens (tertiary/aromatic N) is 2. The predicted molar refractivity (Wildman–Crippen MR) is 56.8 cm³/mol. The first-order valence-electron chi connectivity index (χ1n) is 4.37. The Hall–Kier alpha value is -1.20. The average Bonchev–Trinajstić information content (AvgIpc) is 2.67. The SMILES string of the molecule is CNCCOc1ncnc2ccsc12. The van der Waals surface area contributed by atoms with Crippen LogP contribution in [-0.2, 0) is 0 Å². The van der Waals surface area contributed by atoms with Crippen molar-refractivity contribution in [2.24, 2.45) is 0 Å². The van der Waals surface area contributed by atoms with Gasteiger partial charge in [-0.1, -0.05) is 0 Å². The normalized spacial score (nSPS) is 10.6. The molecule has 0 aliphatic carbocycles. The lowest BCUT2D eigenvalue weighted by Gasteiger charge is -2.04. The van der Waals surface area contributed by atoms with Crippen molar-refractivity contribution in [2.75, 3.05) is 20.2 Å². The molecule has 0 fully saturated rings. The Morgan fingerprint density at radius 3 is 3.29 bits per heavy atom. The number of nitrogens with one attached hydrogen (secondary N) is 1. The molecule has 4 nitrogen and oxygen atoms in total. The fourth-order valence-corrected chi connectivity index (χ4v) is 1.91. The smallest absolute Gasteiger partial charge is 0.234 e. The highest BCUT2D eigenvalue weighted by Crippen LogP contribution is 2.26. The van der Waals surface area contributed by atoms with E-state index in [-0.39, 0.29) is 0 Å². The van der Waals surface area contributed by atoms with Gasteiger partial charge in [0.25, 0.3) is 0 Å². The fraction of sp³-hybridized carbons (Fsp3) is 0.333. The third-order valence-corrected chi connectivity index (χ3v) is 2.69. The van der Waals surface area contributed by atoms with Crippen LogP contribution in [0.15, 0.2) is 17.8 Å². The van der Waals surface area contributed by atoms with Crippen molar-refractivity contribution in [3.63, 3.8) is 0 Å². The molecule has 1 N–H and O–H groups in total. The average molecular weight is 209 g/mol. The summed E-state index contributed by atoms with van der Waals surface area (Å²) in [7, 11) is 1.89. The van der Waals surface area contributed by atoms with E-state index in [2.05, 4.69) is 15.3 Å². The highest BCUT2D eigenvalue weighted by molar-refractivity contribution is 7.17. The van der Waals surface area contributed by atoms with E-state index in [9.17, 15) is 0 Å². The second-order valence-corrected chi connectivity index (χ2v) is 3.68. The maximum absolute atomic E-state index is 5.51. The lowest BCUT2D eigenvalue weighted by molar-refractivity contribution is 0.310. The van der Waals surface area contributed by atoms with Gasteiger partial charge in [0, 0.05) is 6.54 Å². The van der Waals surface area contributed by atoms with Crippen molar-refractivity contribution in [3.05, 3.63) is 17.8 Å². The summed E-state index contributed by atoms with van der Waals surface area (Å²) >= 11 is 1.60. The minimum Gasteiger partial charge on any atom is -0.475 e. The topological polar surface area (TPSA) is 47.0 Å². The van der Waals surface area contributed by atoms with E-state index in [1.165, 1.54) is 6.33 Å². The van der Waals surface area contributed by atoms with Crippen molar-refractivity contribution < 1.29 is 4.74 Å². The zero-order valence-electron chi connectivity index (χ0n) is 7.86. The molecule has 2 heterocycles. The van der Waals surface area contributed by atoms with E-state index in [4.69, 9.17) is 4.74 Å². The van der Waals surface area contributed by atoms with Crippen LogP contribution in [0.3, 0.4) is 0 Å². The number of hydrogen-bond donors (Lipinski definition) is 1. The summed E-state index contributed by atoms with van der Waals surface area (Å²) in [4.78, 5) is 8.23. The summed E-state index contributed by atoms with van der Waals surface area (Å²) in [5, 5.41) is 5.01. The van der Waals surface area contributed by atoms with E-state index in [1.807, 2.05) is 18.5 Å². The molecule has 0 amide bonds. The van der Waals surface area contributed by atoms with Gasteiger partial charge >= 0.3 is 0 Å². The largest absolute Gasteiger partial charge is 0.475 e. The minimum atomic E-state index is 0.626. The van der Waals surface area contributed by atoms with Crippen molar-refractivity contribution in [3.8, 4) is 5.88 Å². The maximum Gasteiger partial charge on any atom is 0.234 e. The summed E-state index contributed by atoms with van der Waals surface area (Å²) in [6.45, 7) is 1.44. The molecule has 74 valence electrons. The van der Waals surface area contributed by atoms with Gasteiger partial charge in [0.15, 0.2) is 0 Å². The van der Waals surface area contributed by atoms with Gasteiger partial charge in [-0.2, -0.15) is 0 Å². The number of ether oxygens (including phenoxy) is 1. The number of fused-ring (bicyclic) bond motifs is 1. The molecule has 0 aliphatic heterocycles. The van der Waals surface area contributed by atoms with Crippen LogP contribution in [0.5, 0.6) is 5.88 Å². The molecule has 0 aliphatic rings. The zero-order valence-corrected chi connectivity index (χ0v) is 8.67.